The van der Waals surface area contributed by atoms with Gasteiger partial charge in [-0.15, -0.1) is 0 Å². The summed E-state index contributed by atoms with van der Waals surface area (Å²) in [7, 11) is 1.95. The van der Waals surface area contributed by atoms with E-state index in [1.807, 2.05) is 24.1 Å². The van der Waals surface area contributed by atoms with Gasteiger partial charge in [-0.05, 0) is 12.5 Å². The summed E-state index contributed by atoms with van der Waals surface area (Å²) in [5, 5.41) is 12.6. The molecule has 2 heterocycles. The molecule has 0 saturated carbocycles. The zero-order valence-electron chi connectivity index (χ0n) is 11.5. The lowest BCUT2D eigenvalue weighted by molar-refractivity contribution is 0.303. The number of hydrogen-bond donors (Lipinski definition) is 2. The number of hydrogen-bond acceptors (Lipinski definition) is 5. The normalized spacial score (nSPS) is 12.9. The maximum absolute atomic E-state index is 9.12. The molecule has 0 amide bonds. The first-order valence-corrected chi connectivity index (χ1v) is 6.80. The Hall–Kier alpha value is -2.14. The second-order valence-electron chi connectivity index (χ2n) is 4.89. The molecule has 0 fully saturated rings. The lowest BCUT2D eigenvalue weighted by Crippen LogP contribution is -2.24. The van der Waals surface area contributed by atoms with Crippen LogP contribution in [0.25, 0.3) is 11.3 Å². The molecule has 1 aliphatic heterocycles. The Balaban J connectivity index is 2.13. The van der Waals surface area contributed by atoms with Gasteiger partial charge in [0.25, 0.3) is 0 Å². The summed E-state index contributed by atoms with van der Waals surface area (Å²) in [5.74, 6) is 0.905. The van der Waals surface area contributed by atoms with Gasteiger partial charge in [-0.3, -0.25) is 0 Å². The summed E-state index contributed by atoms with van der Waals surface area (Å²) in [6.07, 6.45) is 2.47. The Morgan fingerprint density at radius 2 is 2.15 bits per heavy atom. The van der Waals surface area contributed by atoms with Crippen molar-refractivity contribution in [3.63, 3.8) is 0 Å². The van der Waals surface area contributed by atoms with E-state index in [-0.39, 0.29) is 6.61 Å². The third kappa shape index (κ3) is 2.20. The Morgan fingerprint density at radius 1 is 1.30 bits per heavy atom. The predicted octanol–water partition coefficient (Wildman–Crippen LogP) is 1.54. The van der Waals surface area contributed by atoms with Crippen molar-refractivity contribution < 1.29 is 5.11 Å². The SMILES string of the molecule is CN(CCO)c1ncnc2c1CCNc1ccccc1-2. The first-order valence-electron chi connectivity index (χ1n) is 6.80. The molecule has 104 valence electrons. The van der Waals surface area contributed by atoms with E-state index in [0.29, 0.717) is 6.54 Å². The van der Waals surface area contributed by atoms with E-state index >= 15 is 0 Å². The monoisotopic (exact) mass is 270 g/mol. The van der Waals surface area contributed by atoms with E-state index < -0.39 is 0 Å². The van der Waals surface area contributed by atoms with Crippen molar-refractivity contribution in [1.29, 1.82) is 0 Å². The summed E-state index contributed by atoms with van der Waals surface area (Å²) in [6, 6.07) is 8.20. The largest absolute Gasteiger partial charge is 0.395 e. The molecule has 1 aliphatic rings. The van der Waals surface area contributed by atoms with E-state index in [1.165, 1.54) is 0 Å². The van der Waals surface area contributed by atoms with Gasteiger partial charge in [-0.1, -0.05) is 18.2 Å². The van der Waals surface area contributed by atoms with Crippen molar-refractivity contribution >= 4 is 11.5 Å². The number of fused-ring (bicyclic) bond motifs is 3. The molecule has 1 aromatic carbocycles. The van der Waals surface area contributed by atoms with Crippen LogP contribution < -0.4 is 10.2 Å². The molecule has 0 bridgehead atoms. The number of benzene rings is 1. The molecule has 1 aromatic heterocycles. The number of aliphatic hydroxyl groups excluding tert-OH is 1. The van der Waals surface area contributed by atoms with Crippen molar-refractivity contribution in [2.24, 2.45) is 0 Å². The number of nitrogens with zero attached hydrogens (tertiary/aromatic N) is 3. The Labute approximate surface area is 118 Å². The predicted molar refractivity (Wildman–Crippen MR) is 80.0 cm³/mol. The number of para-hydroxylation sites is 1. The van der Waals surface area contributed by atoms with Crippen LogP contribution in [0.15, 0.2) is 30.6 Å². The van der Waals surface area contributed by atoms with Crippen LogP contribution in [0.2, 0.25) is 0 Å². The average Bonchev–Trinajstić information content (AvgIpc) is 2.66. The van der Waals surface area contributed by atoms with Gasteiger partial charge in [0.1, 0.15) is 12.1 Å². The molecule has 0 atom stereocenters. The lowest BCUT2D eigenvalue weighted by atomic mass is 10.0. The fraction of sp³-hybridized carbons (Fsp3) is 0.333. The van der Waals surface area contributed by atoms with Gasteiger partial charge in [0.15, 0.2) is 0 Å². The van der Waals surface area contributed by atoms with Crippen LogP contribution in [-0.4, -0.2) is 41.8 Å². The summed E-state index contributed by atoms with van der Waals surface area (Å²) in [4.78, 5) is 10.9. The third-order valence-electron chi connectivity index (χ3n) is 3.59. The highest BCUT2D eigenvalue weighted by atomic mass is 16.3. The smallest absolute Gasteiger partial charge is 0.135 e. The summed E-state index contributed by atoms with van der Waals surface area (Å²) < 4.78 is 0. The van der Waals surface area contributed by atoms with Gasteiger partial charge in [-0.2, -0.15) is 0 Å². The van der Waals surface area contributed by atoms with Crippen LogP contribution in [-0.2, 0) is 6.42 Å². The fourth-order valence-corrected chi connectivity index (χ4v) is 2.62. The molecule has 0 unspecified atom stereocenters. The maximum Gasteiger partial charge on any atom is 0.135 e. The minimum Gasteiger partial charge on any atom is -0.395 e. The van der Waals surface area contributed by atoms with Crippen molar-refractivity contribution in [1.82, 2.24) is 9.97 Å². The number of aromatic nitrogens is 2. The molecule has 0 saturated heterocycles. The molecular weight excluding hydrogens is 252 g/mol. The zero-order valence-corrected chi connectivity index (χ0v) is 11.5. The highest BCUT2D eigenvalue weighted by Gasteiger charge is 2.20. The summed E-state index contributed by atoms with van der Waals surface area (Å²) in [6.45, 7) is 1.54. The molecule has 0 aliphatic carbocycles. The third-order valence-corrected chi connectivity index (χ3v) is 3.59. The number of likely N-dealkylation sites (N-methyl/N-ethyl adjacent to an activating group) is 1. The van der Waals surface area contributed by atoms with E-state index in [2.05, 4.69) is 27.4 Å². The van der Waals surface area contributed by atoms with Crippen LogP contribution in [0.1, 0.15) is 5.56 Å². The first kappa shape index (κ1) is 12.9. The van der Waals surface area contributed by atoms with Crippen LogP contribution in [0.4, 0.5) is 11.5 Å². The lowest BCUT2D eigenvalue weighted by Gasteiger charge is -2.20. The molecule has 2 N–H and O–H groups in total. The Bertz CT molecular complexity index is 615. The molecule has 3 rings (SSSR count). The van der Waals surface area contributed by atoms with Crippen LogP contribution in [0, 0.1) is 0 Å². The minimum absolute atomic E-state index is 0.115. The van der Waals surface area contributed by atoms with Gasteiger partial charge < -0.3 is 15.3 Å². The van der Waals surface area contributed by atoms with Gasteiger partial charge >= 0.3 is 0 Å². The van der Waals surface area contributed by atoms with Crippen LogP contribution in [0.5, 0.6) is 0 Å². The summed E-state index contributed by atoms with van der Waals surface area (Å²) in [5.41, 5.74) is 4.35. The van der Waals surface area contributed by atoms with Crippen LogP contribution in [0.3, 0.4) is 0 Å². The Kier molecular flexibility index (Phi) is 3.52. The first-order chi connectivity index (χ1) is 9.81. The van der Waals surface area contributed by atoms with Gasteiger partial charge in [-0.25, -0.2) is 9.97 Å². The molecule has 20 heavy (non-hydrogen) atoms. The number of rotatable bonds is 3. The van der Waals surface area contributed by atoms with Gasteiger partial charge in [0, 0.05) is 37.0 Å². The minimum atomic E-state index is 0.115. The fourth-order valence-electron chi connectivity index (χ4n) is 2.62. The van der Waals surface area contributed by atoms with E-state index in [1.54, 1.807) is 6.33 Å². The van der Waals surface area contributed by atoms with Crippen molar-refractivity contribution in [2.45, 2.75) is 6.42 Å². The van der Waals surface area contributed by atoms with Crippen molar-refractivity contribution in [3.8, 4) is 11.3 Å². The topological polar surface area (TPSA) is 61.3 Å². The molecule has 5 nitrogen and oxygen atoms in total. The highest BCUT2D eigenvalue weighted by Crippen LogP contribution is 2.34. The quantitative estimate of drug-likeness (QED) is 0.886. The van der Waals surface area contributed by atoms with Crippen LogP contribution >= 0.6 is 0 Å². The average molecular weight is 270 g/mol. The second kappa shape index (κ2) is 5.46. The Morgan fingerprint density at radius 3 is 3.00 bits per heavy atom. The second-order valence-corrected chi connectivity index (χ2v) is 4.89. The number of nitrogens with one attached hydrogen (secondary N) is 1. The number of aliphatic hydroxyl groups is 1. The molecule has 5 heteroatoms. The maximum atomic E-state index is 9.12. The van der Waals surface area contributed by atoms with Gasteiger partial charge in [0.2, 0.25) is 0 Å². The zero-order chi connectivity index (χ0) is 13.9. The van der Waals surface area contributed by atoms with Crippen molar-refractivity contribution in [2.75, 3.05) is 37.0 Å². The van der Waals surface area contributed by atoms with Gasteiger partial charge in [0.05, 0.1) is 12.3 Å². The molecule has 0 spiro atoms. The van der Waals surface area contributed by atoms with Crippen molar-refractivity contribution in [3.05, 3.63) is 36.2 Å². The van der Waals surface area contributed by atoms with E-state index in [9.17, 15) is 0 Å². The molecule has 0 radical (unpaired) electrons. The molecule has 2 aromatic rings. The van der Waals surface area contributed by atoms with E-state index in [4.69, 9.17) is 5.11 Å². The number of anilines is 2. The molecular formula is C15H18N4O. The summed E-state index contributed by atoms with van der Waals surface area (Å²) >= 11 is 0. The standard InChI is InChI=1S/C15H18N4O/c1-19(8-9-20)15-12-6-7-16-13-5-3-2-4-11(13)14(12)17-10-18-15/h2-5,10,16,20H,6-9H2,1H3. The van der Waals surface area contributed by atoms with E-state index in [0.717, 1.165) is 41.3 Å². The highest BCUT2D eigenvalue weighted by molar-refractivity contribution is 5.80.